The third-order valence-electron chi connectivity index (χ3n) is 3.77. The molecule has 7 heteroatoms. The monoisotopic (exact) mass is 344 g/mol. The molecule has 0 aliphatic heterocycles. The van der Waals surface area contributed by atoms with Gasteiger partial charge in [0.1, 0.15) is 17.3 Å². The molecule has 128 valence electrons. The maximum absolute atomic E-state index is 13.9. The molecule has 3 aromatic rings. The number of fused-ring (bicyclic) bond motifs is 1. The van der Waals surface area contributed by atoms with Crippen LogP contribution in [0.1, 0.15) is 33.3 Å². The van der Waals surface area contributed by atoms with Crippen LogP contribution in [-0.4, -0.2) is 28.4 Å². The van der Waals surface area contributed by atoms with E-state index in [0.717, 1.165) is 6.07 Å². The summed E-state index contributed by atoms with van der Waals surface area (Å²) in [5, 5.41) is 0.510. The molecule has 0 N–H and O–H groups in total. The van der Waals surface area contributed by atoms with Crippen molar-refractivity contribution in [1.29, 1.82) is 0 Å². The Bertz CT molecular complexity index is 966. The zero-order valence-electron chi connectivity index (χ0n) is 13.3. The summed E-state index contributed by atoms with van der Waals surface area (Å²) < 4.78 is 33.4. The van der Waals surface area contributed by atoms with Crippen LogP contribution in [-0.2, 0) is 11.3 Å². The first-order valence-corrected chi connectivity index (χ1v) is 7.58. The number of esters is 1. The number of carbonyl (C=O) groups excluding carboxylic acids is 2. The largest absolute Gasteiger partial charge is 0.461 e. The summed E-state index contributed by atoms with van der Waals surface area (Å²) >= 11 is 0. The lowest BCUT2D eigenvalue weighted by Crippen LogP contribution is -2.07. The summed E-state index contributed by atoms with van der Waals surface area (Å²) in [5.74, 6) is -1.92. The Morgan fingerprint density at radius 2 is 2.12 bits per heavy atom. The molecule has 0 bridgehead atoms. The van der Waals surface area contributed by atoms with Gasteiger partial charge in [-0.1, -0.05) is 6.07 Å². The van der Waals surface area contributed by atoms with Gasteiger partial charge in [0.2, 0.25) is 0 Å². The van der Waals surface area contributed by atoms with E-state index in [1.54, 1.807) is 11.5 Å². The summed E-state index contributed by atoms with van der Waals surface area (Å²) in [4.78, 5) is 27.2. The fraction of sp³-hybridized carbons (Fsp3) is 0.167. The average Bonchev–Trinajstić information content (AvgIpc) is 2.94. The Kier molecular flexibility index (Phi) is 4.56. The summed E-state index contributed by atoms with van der Waals surface area (Å²) in [6.07, 6.45) is 3.61. The molecule has 0 radical (unpaired) electrons. The Morgan fingerprint density at radius 3 is 2.80 bits per heavy atom. The predicted molar refractivity (Wildman–Crippen MR) is 86.5 cm³/mol. The number of ether oxygens (including phenoxy) is 1. The minimum absolute atomic E-state index is 0.0863. The number of nitrogens with zero attached hydrogens (tertiary/aromatic N) is 2. The van der Waals surface area contributed by atoms with Crippen molar-refractivity contribution >= 4 is 23.2 Å². The van der Waals surface area contributed by atoms with Crippen molar-refractivity contribution in [1.82, 2.24) is 9.55 Å². The Balaban J connectivity index is 2.04. The van der Waals surface area contributed by atoms with E-state index >= 15 is 0 Å². The van der Waals surface area contributed by atoms with Crippen LogP contribution in [0.2, 0.25) is 0 Å². The first-order chi connectivity index (χ1) is 12.0. The summed E-state index contributed by atoms with van der Waals surface area (Å²) in [7, 11) is 0. The highest BCUT2D eigenvalue weighted by Crippen LogP contribution is 2.23. The van der Waals surface area contributed by atoms with Gasteiger partial charge < -0.3 is 9.30 Å². The van der Waals surface area contributed by atoms with Gasteiger partial charge in [-0.3, -0.25) is 4.79 Å². The lowest BCUT2D eigenvalue weighted by molar-refractivity contribution is 0.0519. The van der Waals surface area contributed by atoms with Crippen LogP contribution in [0.15, 0.2) is 36.7 Å². The lowest BCUT2D eigenvalue weighted by atomic mass is 10.2. The quantitative estimate of drug-likeness (QED) is 0.526. The molecule has 0 atom stereocenters. The molecule has 0 saturated heterocycles. The van der Waals surface area contributed by atoms with Gasteiger partial charge in [-0.2, -0.15) is 0 Å². The van der Waals surface area contributed by atoms with E-state index in [1.165, 1.54) is 30.6 Å². The number of aromatic nitrogens is 2. The number of hydrogen-bond donors (Lipinski definition) is 0. The Morgan fingerprint density at radius 1 is 1.32 bits per heavy atom. The fourth-order valence-corrected chi connectivity index (χ4v) is 2.59. The highest BCUT2D eigenvalue weighted by Gasteiger charge is 2.15. The molecule has 0 unspecified atom stereocenters. The zero-order valence-corrected chi connectivity index (χ0v) is 13.3. The number of rotatable bonds is 5. The van der Waals surface area contributed by atoms with Crippen LogP contribution in [0, 0.1) is 11.6 Å². The average molecular weight is 344 g/mol. The standard InChI is InChI=1S/C18H14F2N2O3/c1-2-25-18(24)16-6-14-12(10-23)9-22(17(14)7-21-16)8-11-3-4-13(19)5-15(11)20/h3-7,9-10H,2,8H2,1H3. The maximum atomic E-state index is 13.9. The van der Waals surface area contributed by atoms with Crippen molar-refractivity contribution in [3.63, 3.8) is 0 Å². The van der Waals surface area contributed by atoms with Crippen molar-refractivity contribution in [2.75, 3.05) is 6.61 Å². The highest BCUT2D eigenvalue weighted by atomic mass is 19.1. The highest BCUT2D eigenvalue weighted by molar-refractivity contribution is 6.00. The number of carbonyl (C=O) groups is 2. The molecule has 0 amide bonds. The number of hydrogen-bond acceptors (Lipinski definition) is 4. The van der Waals surface area contributed by atoms with Crippen LogP contribution in [0.5, 0.6) is 0 Å². The van der Waals surface area contributed by atoms with Crippen molar-refractivity contribution in [2.45, 2.75) is 13.5 Å². The maximum Gasteiger partial charge on any atom is 0.356 e. The molecule has 0 aliphatic carbocycles. The van der Waals surface area contributed by atoms with Crippen molar-refractivity contribution < 1.29 is 23.1 Å². The second-order valence-electron chi connectivity index (χ2n) is 5.37. The molecule has 5 nitrogen and oxygen atoms in total. The third-order valence-corrected chi connectivity index (χ3v) is 3.77. The molecule has 3 rings (SSSR count). The van der Waals surface area contributed by atoms with Crippen molar-refractivity contribution in [2.24, 2.45) is 0 Å². The smallest absolute Gasteiger partial charge is 0.356 e. The topological polar surface area (TPSA) is 61.2 Å². The first kappa shape index (κ1) is 16.8. The van der Waals surface area contributed by atoms with E-state index < -0.39 is 17.6 Å². The van der Waals surface area contributed by atoms with Gasteiger partial charge in [-0.05, 0) is 19.1 Å². The van der Waals surface area contributed by atoms with Crippen molar-refractivity contribution in [3.05, 3.63) is 65.1 Å². The number of aldehydes is 1. The molecule has 0 spiro atoms. The molecule has 0 aliphatic rings. The van der Waals surface area contributed by atoms with Gasteiger partial charge >= 0.3 is 5.97 Å². The van der Waals surface area contributed by atoms with E-state index in [2.05, 4.69) is 4.98 Å². The molecule has 2 aromatic heterocycles. The Hall–Kier alpha value is -3.09. The first-order valence-electron chi connectivity index (χ1n) is 7.58. The van der Waals surface area contributed by atoms with Gasteiger partial charge in [0.15, 0.2) is 6.29 Å². The number of pyridine rings is 1. The summed E-state index contributed by atoms with van der Waals surface area (Å²) in [6.45, 7) is 1.99. The van der Waals surface area contributed by atoms with E-state index in [4.69, 9.17) is 4.74 Å². The molecule has 0 saturated carbocycles. The molecule has 2 heterocycles. The molecule has 0 fully saturated rings. The van der Waals surface area contributed by atoms with Gasteiger partial charge in [0.25, 0.3) is 0 Å². The third kappa shape index (κ3) is 3.26. The second-order valence-corrected chi connectivity index (χ2v) is 5.37. The van der Waals surface area contributed by atoms with E-state index in [9.17, 15) is 18.4 Å². The van der Waals surface area contributed by atoms with Crippen LogP contribution in [0.4, 0.5) is 8.78 Å². The van der Waals surface area contributed by atoms with Crippen LogP contribution >= 0.6 is 0 Å². The summed E-state index contributed by atoms with van der Waals surface area (Å²) in [5.41, 5.74) is 1.25. The van der Waals surface area contributed by atoms with Crippen LogP contribution in [0.25, 0.3) is 10.9 Å². The van der Waals surface area contributed by atoms with Crippen LogP contribution < -0.4 is 0 Å². The minimum Gasteiger partial charge on any atom is -0.461 e. The number of benzene rings is 1. The zero-order chi connectivity index (χ0) is 18.0. The molecule has 25 heavy (non-hydrogen) atoms. The van der Waals surface area contributed by atoms with E-state index in [-0.39, 0.29) is 24.4 Å². The van der Waals surface area contributed by atoms with Gasteiger partial charge in [0.05, 0.1) is 24.9 Å². The van der Waals surface area contributed by atoms with Gasteiger partial charge in [-0.25, -0.2) is 18.6 Å². The second kappa shape index (κ2) is 6.80. The predicted octanol–water partition coefficient (Wildman–Crippen LogP) is 3.35. The Labute approximate surface area is 141 Å². The van der Waals surface area contributed by atoms with Crippen LogP contribution in [0.3, 0.4) is 0 Å². The minimum atomic E-state index is -0.675. The van der Waals surface area contributed by atoms with Gasteiger partial charge in [0, 0.05) is 28.8 Å². The lowest BCUT2D eigenvalue weighted by Gasteiger charge is -2.07. The fourth-order valence-electron chi connectivity index (χ4n) is 2.59. The van der Waals surface area contributed by atoms with E-state index in [0.29, 0.717) is 22.8 Å². The number of halogens is 2. The SMILES string of the molecule is CCOC(=O)c1cc2c(C=O)cn(Cc3ccc(F)cc3F)c2cn1. The molecular weight excluding hydrogens is 330 g/mol. The molecule has 1 aromatic carbocycles. The van der Waals surface area contributed by atoms with E-state index in [1.807, 2.05) is 0 Å². The van der Waals surface area contributed by atoms with Crippen molar-refractivity contribution in [3.8, 4) is 0 Å². The summed E-state index contributed by atoms with van der Waals surface area (Å²) in [6, 6.07) is 4.78. The molecular formula is C18H14F2N2O3. The normalized spacial score (nSPS) is 10.8. The van der Waals surface area contributed by atoms with Gasteiger partial charge in [-0.15, -0.1) is 0 Å².